The van der Waals surface area contributed by atoms with Crippen LogP contribution in [0.2, 0.25) is 0 Å². The highest BCUT2D eigenvalue weighted by atomic mass is 32.2. The molecule has 0 aliphatic carbocycles. The van der Waals surface area contributed by atoms with E-state index >= 15 is 0 Å². The van der Waals surface area contributed by atoms with Gasteiger partial charge in [0.2, 0.25) is 16.0 Å². The minimum atomic E-state index is -4.80. The van der Waals surface area contributed by atoms with Crippen molar-refractivity contribution in [2.75, 3.05) is 27.4 Å². The average molecular weight is 588 g/mol. The maximum absolute atomic E-state index is 12.3. The molecule has 4 rings (SSSR count). The highest BCUT2D eigenvalue weighted by Crippen LogP contribution is 2.27. The van der Waals surface area contributed by atoms with Crippen molar-refractivity contribution in [2.24, 2.45) is 5.14 Å². The summed E-state index contributed by atoms with van der Waals surface area (Å²) in [5, 5.41) is 13.4. The lowest BCUT2D eigenvalue weighted by Gasteiger charge is -2.22. The zero-order valence-electron chi connectivity index (χ0n) is 21.4. The standard InChI is InChI=1S/C26H24F3N7O4S/c1-2-36(23-14-15-31-24(35-23)32-19-4-3-5-22(16-19)41(30,38)39)20-10-6-17(7-11-20)33-25(37)34-18-8-12-21(13-9-18)40-26(27,28)29/h3-16H,2H2,1H3,(H2,30,38,39)(H,31,32,35)(H2,33,34,37). The number of aromatic nitrogens is 2. The summed E-state index contributed by atoms with van der Waals surface area (Å²) in [4.78, 5) is 22.9. The first kappa shape index (κ1) is 29.1. The number of nitrogens with two attached hydrogens (primary N) is 1. The number of anilines is 6. The van der Waals surface area contributed by atoms with Gasteiger partial charge >= 0.3 is 12.4 Å². The Labute approximate surface area is 233 Å². The Bertz CT molecular complexity index is 1620. The summed E-state index contributed by atoms with van der Waals surface area (Å²) in [6.07, 6.45) is -3.25. The normalized spacial score (nSPS) is 11.4. The van der Waals surface area contributed by atoms with Gasteiger partial charge < -0.3 is 25.6 Å². The molecule has 214 valence electrons. The Balaban J connectivity index is 1.40. The van der Waals surface area contributed by atoms with E-state index in [4.69, 9.17) is 5.14 Å². The quantitative estimate of drug-likeness (QED) is 0.198. The molecule has 0 bridgehead atoms. The second kappa shape index (κ2) is 12.1. The molecule has 0 unspecified atom stereocenters. The van der Waals surface area contributed by atoms with Crippen LogP contribution in [0.3, 0.4) is 0 Å². The van der Waals surface area contributed by atoms with E-state index in [0.717, 1.165) is 17.8 Å². The van der Waals surface area contributed by atoms with Crippen molar-refractivity contribution in [1.29, 1.82) is 0 Å². The third-order valence-electron chi connectivity index (χ3n) is 5.43. The van der Waals surface area contributed by atoms with Crippen molar-refractivity contribution in [3.05, 3.63) is 85.1 Å². The van der Waals surface area contributed by atoms with Crippen molar-refractivity contribution in [3.63, 3.8) is 0 Å². The molecule has 0 saturated carbocycles. The van der Waals surface area contributed by atoms with Gasteiger partial charge in [0.15, 0.2) is 0 Å². The van der Waals surface area contributed by atoms with E-state index in [1.165, 1.54) is 24.3 Å². The number of nitrogens with one attached hydrogen (secondary N) is 3. The molecule has 5 N–H and O–H groups in total. The van der Waals surface area contributed by atoms with E-state index in [0.29, 0.717) is 23.7 Å². The third kappa shape index (κ3) is 8.30. The van der Waals surface area contributed by atoms with E-state index in [9.17, 15) is 26.4 Å². The number of ether oxygens (including phenoxy) is 1. The number of carbonyl (C=O) groups is 1. The summed E-state index contributed by atoms with van der Waals surface area (Å²) in [6.45, 7) is 2.47. The van der Waals surface area contributed by atoms with Crippen LogP contribution in [0.5, 0.6) is 5.75 Å². The molecule has 1 aromatic heterocycles. The molecule has 0 saturated heterocycles. The van der Waals surface area contributed by atoms with Gasteiger partial charge in [0, 0.05) is 35.5 Å². The minimum absolute atomic E-state index is 0.0512. The van der Waals surface area contributed by atoms with Crippen LogP contribution in [0.15, 0.2) is 90.0 Å². The Morgan fingerprint density at radius 2 is 1.59 bits per heavy atom. The van der Waals surface area contributed by atoms with E-state index in [1.807, 2.05) is 11.8 Å². The van der Waals surface area contributed by atoms with Gasteiger partial charge in [-0.15, -0.1) is 13.2 Å². The van der Waals surface area contributed by atoms with E-state index < -0.39 is 28.2 Å². The number of primary sulfonamides is 1. The molecule has 0 aliphatic rings. The molecule has 4 aromatic rings. The largest absolute Gasteiger partial charge is 0.573 e. The number of hydrogen-bond donors (Lipinski definition) is 4. The van der Waals surface area contributed by atoms with Gasteiger partial charge in [0.25, 0.3) is 0 Å². The first-order chi connectivity index (χ1) is 19.4. The van der Waals surface area contributed by atoms with E-state index in [2.05, 4.69) is 30.7 Å². The molecular formula is C26H24F3N7O4S. The van der Waals surface area contributed by atoms with Crippen molar-refractivity contribution in [1.82, 2.24) is 9.97 Å². The minimum Gasteiger partial charge on any atom is -0.406 e. The second-order valence-electron chi connectivity index (χ2n) is 8.38. The molecule has 3 aromatic carbocycles. The molecule has 41 heavy (non-hydrogen) atoms. The number of nitrogens with zero attached hydrogens (tertiary/aromatic N) is 3. The van der Waals surface area contributed by atoms with Gasteiger partial charge in [-0.25, -0.2) is 23.3 Å². The molecule has 11 nitrogen and oxygen atoms in total. The number of amides is 2. The first-order valence-electron chi connectivity index (χ1n) is 11.9. The summed E-state index contributed by atoms with van der Waals surface area (Å²) in [5.74, 6) is 0.395. The number of urea groups is 1. The van der Waals surface area contributed by atoms with Crippen LogP contribution in [0.1, 0.15) is 6.92 Å². The molecule has 15 heteroatoms. The summed E-state index contributed by atoms with van der Waals surface area (Å²) < 4.78 is 64.0. The van der Waals surface area contributed by atoms with E-state index in [1.54, 1.807) is 48.7 Å². The third-order valence-corrected chi connectivity index (χ3v) is 6.35. The van der Waals surface area contributed by atoms with Crippen molar-refractivity contribution in [3.8, 4) is 5.75 Å². The maximum atomic E-state index is 12.3. The lowest BCUT2D eigenvalue weighted by Crippen LogP contribution is -2.20. The molecule has 0 aliphatic heterocycles. The topological polar surface area (TPSA) is 152 Å². The molecule has 0 radical (unpaired) electrons. The summed E-state index contributed by atoms with van der Waals surface area (Å²) in [5.41, 5.74) is 1.95. The molecule has 0 atom stereocenters. The molecule has 2 amide bonds. The fourth-order valence-corrected chi connectivity index (χ4v) is 4.23. The highest BCUT2D eigenvalue weighted by Gasteiger charge is 2.31. The number of alkyl halides is 3. The predicted molar refractivity (Wildman–Crippen MR) is 148 cm³/mol. The van der Waals surface area contributed by atoms with Gasteiger partial charge in [0.05, 0.1) is 4.90 Å². The Morgan fingerprint density at radius 3 is 2.17 bits per heavy atom. The maximum Gasteiger partial charge on any atom is 0.573 e. The first-order valence-corrected chi connectivity index (χ1v) is 13.5. The number of carbonyl (C=O) groups excluding carboxylic acids is 1. The van der Waals surface area contributed by atoms with Crippen LogP contribution in [0.4, 0.5) is 52.5 Å². The van der Waals surface area contributed by atoms with Crippen LogP contribution in [0, 0.1) is 0 Å². The van der Waals surface area contributed by atoms with Gasteiger partial charge in [-0.1, -0.05) is 6.07 Å². The van der Waals surface area contributed by atoms with Gasteiger partial charge in [-0.05, 0) is 79.7 Å². The number of benzene rings is 3. The molecular weight excluding hydrogens is 563 g/mol. The summed E-state index contributed by atoms with van der Waals surface area (Å²) >= 11 is 0. The smallest absolute Gasteiger partial charge is 0.406 e. The molecule has 0 spiro atoms. The average Bonchev–Trinajstić information content (AvgIpc) is 2.90. The second-order valence-corrected chi connectivity index (χ2v) is 9.94. The summed E-state index contributed by atoms with van der Waals surface area (Å²) in [6, 6.07) is 18.7. The molecule has 1 heterocycles. The zero-order chi connectivity index (χ0) is 29.6. The number of halogens is 3. The highest BCUT2D eigenvalue weighted by molar-refractivity contribution is 7.89. The SMILES string of the molecule is CCN(c1ccc(NC(=O)Nc2ccc(OC(F)(F)F)cc2)cc1)c1ccnc(Nc2cccc(S(N)(=O)=O)c2)n1. The fraction of sp³-hybridized carbons (Fsp3) is 0.115. The predicted octanol–water partition coefficient (Wildman–Crippen LogP) is 5.57. The van der Waals surface area contributed by atoms with Gasteiger partial charge in [-0.3, -0.25) is 0 Å². The van der Waals surface area contributed by atoms with Crippen molar-refractivity contribution < 1.29 is 31.1 Å². The summed E-state index contributed by atoms with van der Waals surface area (Å²) in [7, 11) is -3.87. The van der Waals surface area contributed by atoms with Crippen molar-refractivity contribution >= 4 is 50.6 Å². The lowest BCUT2D eigenvalue weighted by atomic mass is 10.2. The monoisotopic (exact) mass is 587 g/mol. The van der Waals surface area contributed by atoms with Crippen LogP contribution >= 0.6 is 0 Å². The zero-order valence-corrected chi connectivity index (χ0v) is 22.2. The number of rotatable bonds is 9. The Hall–Kier alpha value is -4.89. The van der Waals surface area contributed by atoms with Gasteiger partial charge in [-0.2, -0.15) is 4.98 Å². The van der Waals surface area contributed by atoms with Crippen LogP contribution in [-0.2, 0) is 10.0 Å². The van der Waals surface area contributed by atoms with E-state index in [-0.39, 0.29) is 16.5 Å². The number of sulfonamides is 1. The van der Waals surface area contributed by atoms with Crippen molar-refractivity contribution in [2.45, 2.75) is 18.2 Å². The lowest BCUT2D eigenvalue weighted by molar-refractivity contribution is -0.274. The Kier molecular flexibility index (Phi) is 8.59. The fourth-order valence-electron chi connectivity index (χ4n) is 3.67. The number of hydrogen-bond acceptors (Lipinski definition) is 8. The van der Waals surface area contributed by atoms with Crippen LogP contribution in [-0.4, -0.2) is 37.3 Å². The van der Waals surface area contributed by atoms with Gasteiger partial charge in [0.1, 0.15) is 11.6 Å². The Morgan fingerprint density at radius 1 is 0.951 bits per heavy atom. The van der Waals surface area contributed by atoms with Crippen LogP contribution in [0.25, 0.3) is 0 Å². The van der Waals surface area contributed by atoms with Crippen LogP contribution < -0.4 is 30.7 Å². The molecule has 0 fully saturated rings.